The molecule has 137 heavy (non-hydrogen) atoms. The zero-order valence-corrected chi connectivity index (χ0v) is 80.3. The Morgan fingerprint density at radius 3 is 2.12 bits per heavy atom. The summed E-state index contributed by atoms with van der Waals surface area (Å²) in [7, 11) is 6.43. The van der Waals surface area contributed by atoms with Crippen LogP contribution >= 0.6 is 11.3 Å². The van der Waals surface area contributed by atoms with E-state index in [2.05, 4.69) is 44.8 Å². The first-order valence-corrected chi connectivity index (χ1v) is 44.7. The number of methoxy groups -OCH3 is 1. The Morgan fingerprint density at radius 1 is 0.839 bits per heavy atom. The Labute approximate surface area is 797 Å². The molecular formula is C94H119ClN14O27S. The van der Waals surface area contributed by atoms with Gasteiger partial charge in [0, 0.05) is 131 Å². The number of aromatic hydroxyl groups is 4. The molecule has 6 aliphatic heterocycles. The van der Waals surface area contributed by atoms with E-state index in [1.807, 2.05) is 40.3 Å². The van der Waals surface area contributed by atoms with Gasteiger partial charge in [0.05, 0.1) is 105 Å². The van der Waals surface area contributed by atoms with Crippen molar-refractivity contribution >= 4 is 91.8 Å². The van der Waals surface area contributed by atoms with Gasteiger partial charge in [0.15, 0.2) is 40.9 Å². The van der Waals surface area contributed by atoms with Crippen molar-refractivity contribution in [1.82, 2.24) is 44.3 Å². The van der Waals surface area contributed by atoms with Crippen molar-refractivity contribution in [2.24, 2.45) is 46.3 Å². The Morgan fingerprint density at radius 2 is 1.50 bits per heavy atom. The van der Waals surface area contributed by atoms with Gasteiger partial charge in [-0.3, -0.25) is 48.5 Å². The number of phenols is 4. The van der Waals surface area contributed by atoms with Gasteiger partial charge in [-0.2, -0.15) is 14.7 Å². The van der Waals surface area contributed by atoms with E-state index in [1.165, 1.54) is 113 Å². The summed E-state index contributed by atoms with van der Waals surface area (Å²) in [6.07, 6.45) is 2.45. The highest BCUT2D eigenvalue weighted by Crippen LogP contribution is 2.59. The summed E-state index contributed by atoms with van der Waals surface area (Å²) in [6, 6.07) is 6.55. The van der Waals surface area contributed by atoms with E-state index in [4.69, 9.17) is 40.6 Å². The van der Waals surface area contributed by atoms with Crippen molar-refractivity contribution in [3.8, 4) is 40.3 Å². The number of allylic oxidation sites excluding steroid dienone is 2. The van der Waals surface area contributed by atoms with Crippen LogP contribution in [0.5, 0.6) is 28.7 Å². The van der Waals surface area contributed by atoms with Gasteiger partial charge >= 0.3 is 17.4 Å². The van der Waals surface area contributed by atoms with Crippen LogP contribution in [0.2, 0.25) is 0 Å². The molecule has 5 bridgehead atoms. The number of nitrogen functional groups attached to an aromatic ring is 1. The third-order valence-electron chi connectivity index (χ3n) is 26.3. The molecule has 41 nitrogen and oxygen atoms in total. The third kappa shape index (κ3) is 21.0. The van der Waals surface area contributed by atoms with E-state index < -0.39 is 200 Å². The molecule has 1 saturated heterocycles. The molecule has 2 fully saturated rings. The van der Waals surface area contributed by atoms with E-state index >= 15 is 0 Å². The summed E-state index contributed by atoms with van der Waals surface area (Å²) >= 11 is 1.65. The number of benzene rings is 4. The molecule has 0 radical (unpaired) electrons. The number of aromatic nitrogens is 7. The lowest BCUT2D eigenvalue weighted by atomic mass is 9.54. The number of phenolic OH excluding ortho intramolecular Hbond substituents is 4. The van der Waals surface area contributed by atoms with E-state index in [0.29, 0.717) is 48.7 Å². The SMILES string of the molecule is CN(C)[C@@H]1C(=O)C(C(N)=O)=C(O)[C@@]2(O)C(=O)C3=C(O)c4c(O)cccc4[C@@](C)(O)[C@H]3C[C@@H]12.CO[C@H]1/C=C/O[C@@]2(C)Oc3c(C)c(O)c4c(O)c(c(C=NN5CCN(C)CC5)c(O)c4c3C2=O)NC(=O)/C(C)=C/C=C/[C@H](C)[C@H](O)[C@@H](C)[C@@H](O)[C@@H](C)[C@H](OC(C)=O)[C@@H]1C.Cc1cc2nc3c(=O)[nH]c(=O)nc-3n(C[C@@H](O)[C@@H](O)[C@@H](O)CO)c2cc1C.Cc1ncc(C[n+]2csc(CCO)c2C)c(N)n1.[Cl-]. The van der Waals surface area contributed by atoms with Crippen LogP contribution in [0.15, 0.2) is 110 Å². The summed E-state index contributed by atoms with van der Waals surface area (Å²) in [6.45, 7) is 23.9. The summed E-state index contributed by atoms with van der Waals surface area (Å²) in [5, 5.41) is 170. The van der Waals surface area contributed by atoms with Crippen LogP contribution in [-0.4, -0.2) is 290 Å². The second-order valence-corrected chi connectivity index (χ2v) is 36.7. The van der Waals surface area contributed by atoms with Crippen molar-refractivity contribution in [3.63, 3.8) is 0 Å². The molecule has 2 amide bonds. The van der Waals surface area contributed by atoms with Crippen LogP contribution in [0, 0.1) is 70.1 Å². The number of ether oxygens (including phenoxy) is 4. The Hall–Kier alpha value is -12.3. The largest absolute Gasteiger partial charge is 1.00 e. The van der Waals surface area contributed by atoms with Crippen molar-refractivity contribution in [2.45, 2.75) is 182 Å². The van der Waals surface area contributed by atoms with E-state index in [1.54, 1.807) is 74.5 Å². The first kappa shape index (κ1) is 107. The maximum Gasteiger partial charge on any atom is 0.349 e. The van der Waals surface area contributed by atoms with Crippen LogP contribution in [0.3, 0.4) is 0 Å². The maximum atomic E-state index is 14.4. The fraction of sp³-hybridized carbons (Fsp3) is 0.468. The number of hydrogen-bond acceptors (Lipinski definition) is 37. The second-order valence-electron chi connectivity index (χ2n) is 35.7. The lowest BCUT2D eigenvalue weighted by molar-refractivity contribution is -0.689. The average Bonchev–Trinajstić information content (AvgIpc) is 1.34. The number of aliphatic hydroxyl groups excluding tert-OH is 9. The van der Waals surface area contributed by atoms with E-state index in [9.17, 15) is 105 Å². The standard InChI is InChI=1S/C43H58N4O12.C22H24N2O8.C17H20N4O6.C12H17N4OS.ClH/c1-21-12-11-13-22(2)42(55)45-33-28(20-44-47-17-15-46(9)16-18-47)37(52)30-31(38(33)53)36(51)26(6)40-32(30)41(54)43(8,59-40)57-19-14-29(56-10)23(3)39(58-27(7)48)25(5)35(50)24(4)34(21)49;1-21(31)8-5-4-6-11(25)12(8)16(26)13-9(21)7-10-15(24(2)3)17(27)14(20(23)30)19(29)22(10,32)18(13)28;1-7-3-9-10(4-8(7)2)21(5-11(23)14(25)12(24)6-22)15-13(18-9)16(26)20-17(27)19-15;1-8-11(3-4-17)18-7-16(8)6-10-5-14-9(2)15-12(10)13;/h11-14,19-21,23-25,29,34-35,39,49-53H,15-18H2,1-10H3,(H,45,55);4-6,9-10,15,25-26,29,31-32H,7H2,1-3H3,(H2,23,30);3-4,11-12,14,22-25H,5-6H2,1-2H3,(H,20,26,27);5,7,17H,3-4,6H2,1-2H3,(H2,13,14,15);1H/q;;;+1;/p-1/b12-11+,19-14+,22-13+,44-20?;;;;/t21-,23+,24+,25+,29-,34-,35+,39+,43-;9-,10-,15-,21+,22-;11-,12+,14-;;/m001../s1. The number of anilines is 2. The Balaban J connectivity index is 0.000000208. The molecule has 8 heterocycles. The fourth-order valence-corrected chi connectivity index (χ4v) is 19.1. The molecule has 9 aliphatic rings. The smallest absolute Gasteiger partial charge is 0.349 e. The second kappa shape index (κ2) is 42.8. The number of primary amides is 1. The Kier molecular flexibility index (Phi) is 33.3. The molecule has 0 unspecified atom stereocenters. The van der Waals surface area contributed by atoms with Gasteiger partial charge in [-0.05, 0) is 110 Å². The quantitative estimate of drug-likeness (QED) is 0.0121. The molecule has 21 N–H and O–H groups in total. The average molecular weight is 1940 g/mol. The lowest BCUT2D eigenvalue weighted by Gasteiger charge is -2.53. The molecule has 17 atom stereocenters. The molecule has 6 aromatic rings. The number of nitrogens with one attached hydrogen (secondary N) is 2. The van der Waals surface area contributed by atoms with Crippen molar-refractivity contribution < 1.29 is 141 Å². The highest BCUT2D eigenvalue weighted by atomic mass is 35.5. The molecule has 15 rings (SSSR count). The molecular weight excluding hydrogens is 1820 g/mol. The lowest BCUT2D eigenvalue weighted by Crippen LogP contribution is -3.00. The number of aliphatic hydroxyl groups is 11. The number of carbonyl (C=O) groups excluding carboxylic acids is 6. The summed E-state index contributed by atoms with van der Waals surface area (Å²) in [5.74, 6) is -15.1. The summed E-state index contributed by atoms with van der Waals surface area (Å²) in [4.78, 5) is 126. The number of nitrogens with two attached hydrogens (primary N) is 2. The van der Waals surface area contributed by atoms with Crippen LogP contribution < -0.4 is 49.7 Å². The van der Waals surface area contributed by atoms with Crippen LogP contribution in [-0.2, 0) is 63.3 Å². The molecule has 1 saturated carbocycles. The predicted molar refractivity (Wildman–Crippen MR) is 497 cm³/mol. The minimum atomic E-state index is -2.75. The predicted octanol–water partition coefficient (Wildman–Crippen LogP) is -0.147. The highest BCUT2D eigenvalue weighted by Gasteiger charge is 2.67. The number of carbonyl (C=O) groups is 6. The fourth-order valence-electron chi connectivity index (χ4n) is 18.1. The van der Waals surface area contributed by atoms with E-state index in [-0.39, 0.29) is 99.1 Å². The number of rotatable bonds is 15. The number of H-pyrrole nitrogens is 1. The normalized spacial score (nSPS) is 26.3. The number of aryl methyl sites for hydroxylation is 3. The zero-order chi connectivity index (χ0) is 101. The molecule has 4 aromatic carbocycles. The molecule has 2 aromatic heterocycles. The van der Waals surface area contributed by atoms with Crippen LogP contribution in [0.1, 0.15) is 128 Å². The van der Waals surface area contributed by atoms with Crippen LogP contribution in [0.4, 0.5) is 11.5 Å². The summed E-state index contributed by atoms with van der Waals surface area (Å²) in [5.41, 5.74) is 10.2. The first-order chi connectivity index (χ1) is 63.8. The van der Waals surface area contributed by atoms with Gasteiger partial charge < -0.3 is 134 Å². The van der Waals surface area contributed by atoms with Crippen molar-refractivity contribution in [2.75, 3.05) is 78.7 Å². The van der Waals surface area contributed by atoms with Gasteiger partial charge in [0.25, 0.3) is 23.2 Å². The maximum absolute atomic E-state index is 14.4. The number of aromatic amines is 1. The minimum absolute atomic E-state index is 0. The molecule has 3 aliphatic carbocycles. The number of amides is 2. The number of ketones is 3. The van der Waals surface area contributed by atoms with Crippen molar-refractivity contribution in [3.05, 3.63) is 177 Å². The van der Waals surface area contributed by atoms with Gasteiger partial charge in [0.1, 0.15) is 76.1 Å². The van der Waals surface area contributed by atoms with Crippen LogP contribution in [0.25, 0.3) is 39.1 Å². The highest BCUT2D eigenvalue weighted by molar-refractivity contribution is 7.09. The number of Topliss-reactive ketones (excluding diaryl/α,β-unsaturated/α-hetero) is 3. The minimum Gasteiger partial charge on any atom is -1.00 e. The Bertz CT molecular complexity index is 6280. The number of esters is 1. The first-order valence-electron chi connectivity index (χ1n) is 43.8. The number of piperazine rings is 1. The number of nitrogens with zero attached hydrogens (tertiary/aromatic N) is 10. The zero-order valence-electron chi connectivity index (χ0n) is 78.7. The number of hydrogen-bond donors (Lipinski definition) is 19. The number of hydrazone groups is 1. The van der Waals surface area contributed by atoms with Gasteiger partial charge in [-0.15, -0.1) is 0 Å². The summed E-state index contributed by atoms with van der Waals surface area (Å²) < 4.78 is 27.1. The number of thiazole rings is 1. The monoisotopic (exact) mass is 1940 g/mol. The van der Waals surface area contributed by atoms with E-state index in [0.717, 1.165) is 35.5 Å². The topological polar surface area (TPSA) is 639 Å². The molecule has 43 heteroatoms. The molecule has 740 valence electrons. The van der Waals surface area contributed by atoms with Gasteiger partial charge in [-0.1, -0.05) is 69.4 Å². The number of likely N-dealkylation sites (N-methyl/N-ethyl adjacent to an activating group) is 2. The number of fused-ring (bicyclic) bond motifs is 19. The molecule has 0 spiro atoms. The van der Waals surface area contributed by atoms with Gasteiger partial charge in [-0.25, -0.2) is 19.7 Å². The van der Waals surface area contributed by atoms with Crippen molar-refractivity contribution in [1.29, 1.82) is 0 Å². The third-order valence-corrected chi connectivity index (χ3v) is 27.5. The van der Waals surface area contributed by atoms with Gasteiger partial charge in [0.2, 0.25) is 11.3 Å². The number of halogens is 1.